The lowest BCUT2D eigenvalue weighted by molar-refractivity contribution is 0.414. The van der Waals surface area contributed by atoms with Gasteiger partial charge in [-0.25, -0.2) is 8.60 Å². The third kappa shape index (κ3) is 2.64. The maximum Gasteiger partial charge on any atom is 0.142 e. The Morgan fingerprint density at radius 1 is 1.21 bits per heavy atom. The summed E-state index contributed by atoms with van der Waals surface area (Å²) in [6, 6.07) is 12.4. The summed E-state index contributed by atoms with van der Waals surface area (Å²) in [5, 5.41) is 8.93. The normalized spacial score (nSPS) is 11.6. The summed E-state index contributed by atoms with van der Waals surface area (Å²) in [7, 11) is -0.0628. The number of ether oxygens (including phenoxy) is 1. The Morgan fingerprint density at radius 3 is 2.47 bits per heavy atom. The van der Waals surface area contributed by atoms with E-state index in [2.05, 4.69) is 0 Å². The minimum absolute atomic E-state index is 0.174. The van der Waals surface area contributed by atoms with Crippen LogP contribution in [0.15, 0.2) is 52.3 Å². The molecule has 0 heterocycles. The van der Waals surface area contributed by atoms with Crippen molar-refractivity contribution in [2.45, 2.75) is 9.79 Å². The van der Waals surface area contributed by atoms with Crippen LogP contribution in [0.1, 0.15) is 5.56 Å². The van der Waals surface area contributed by atoms with Gasteiger partial charge in [-0.1, -0.05) is 6.07 Å². The van der Waals surface area contributed by atoms with Crippen LogP contribution in [0.2, 0.25) is 0 Å². The molecular formula is C14H10FNO2S. The van der Waals surface area contributed by atoms with Crippen LogP contribution >= 0.6 is 0 Å². The number of hydrogen-bond donors (Lipinski definition) is 0. The fraction of sp³-hybridized carbons (Fsp3) is 0.0714. The van der Waals surface area contributed by atoms with Crippen LogP contribution in [0.3, 0.4) is 0 Å². The molecule has 0 saturated heterocycles. The number of nitrogens with zero attached hydrogens (tertiary/aromatic N) is 1. The summed E-state index contributed by atoms with van der Waals surface area (Å²) in [6.07, 6.45) is 0. The number of hydrogen-bond acceptors (Lipinski definition) is 3. The molecule has 19 heavy (non-hydrogen) atoms. The molecule has 0 N–H and O–H groups in total. The molecule has 2 rings (SSSR count). The van der Waals surface area contributed by atoms with E-state index in [9.17, 15) is 8.60 Å². The average molecular weight is 275 g/mol. The van der Waals surface area contributed by atoms with Crippen LogP contribution in [0.5, 0.6) is 5.75 Å². The molecule has 0 bridgehead atoms. The number of halogens is 1. The van der Waals surface area contributed by atoms with Gasteiger partial charge in [0.2, 0.25) is 0 Å². The molecule has 0 amide bonds. The standard InChI is InChI=1S/C14H10FNO2S/c1-18-10-5-7-11(8-6-10)19(17)14-4-2-3-13(15)12(14)9-16/h2-8H,1H3. The van der Waals surface area contributed by atoms with E-state index in [0.717, 1.165) is 0 Å². The summed E-state index contributed by atoms with van der Waals surface area (Å²) < 4.78 is 30.8. The molecule has 0 aliphatic heterocycles. The van der Waals surface area contributed by atoms with Crippen LogP contribution in [-0.2, 0) is 10.8 Å². The van der Waals surface area contributed by atoms with Crippen molar-refractivity contribution >= 4 is 10.8 Å². The summed E-state index contributed by atoms with van der Waals surface area (Å²) in [5.74, 6) is -0.0256. The lowest BCUT2D eigenvalue weighted by Gasteiger charge is -2.06. The first kappa shape index (κ1) is 13.2. The predicted molar refractivity (Wildman–Crippen MR) is 68.8 cm³/mol. The van der Waals surface area contributed by atoms with Gasteiger partial charge in [0.25, 0.3) is 0 Å². The molecule has 3 nitrogen and oxygen atoms in total. The Kier molecular flexibility index (Phi) is 3.93. The molecule has 96 valence electrons. The highest BCUT2D eigenvalue weighted by atomic mass is 32.2. The Hall–Kier alpha value is -2.19. The van der Waals surface area contributed by atoms with Crippen LogP contribution in [-0.4, -0.2) is 11.3 Å². The van der Waals surface area contributed by atoms with Crippen LogP contribution < -0.4 is 4.74 Å². The molecule has 2 aromatic carbocycles. The van der Waals surface area contributed by atoms with Gasteiger partial charge in [0, 0.05) is 4.90 Å². The topological polar surface area (TPSA) is 50.1 Å². The van der Waals surface area contributed by atoms with Gasteiger partial charge >= 0.3 is 0 Å². The zero-order valence-corrected chi connectivity index (χ0v) is 10.9. The molecule has 0 aromatic heterocycles. The number of nitriles is 1. The van der Waals surface area contributed by atoms with Gasteiger partial charge in [-0.2, -0.15) is 5.26 Å². The lowest BCUT2D eigenvalue weighted by Crippen LogP contribution is -1.98. The third-order valence-corrected chi connectivity index (χ3v) is 4.00. The maximum atomic E-state index is 13.5. The van der Waals surface area contributed by atoms with E-state index in [-0.39, 0.29) is 10.5 Å². The van der Waals surface area contributed by atoms with Gasteiger partial charge < -0.3 is 4.74 Å². The van der Waals surface area contributed by atoms with Crippen LogP contribution in [0, 0.1) is 17.1 Å². The lowest BCUT2D eigenvalue weighted by atomic mass is 10.2. The number of rotatable bonds is 3. The van der Waals surface area contributed by atoms with Crippen LogP contribution in [0.4, 0.5) is 4.39 Å². The van der Waals surface area contributed by atoms with E-state index < -0.39 is 16.6 Å². The smallest absolute Gasteiger partial charge is 0.142 e. The molecule has 0 radical (unpaired) electrons. The molecule has 0 aliphatic rings. The second-order valence-electron chi connectivity index (χ2n) is 3.67. The summed E-state index contributed by atoms with van der Waals surface area (Å²) in [6.45, 7) is 0. The van der Waals surface area contributed by atoms with E-state index >= 15 is 0 Å². The highest BCUT2D eigenvalue weighted by molar-refractivity contribution is 7.85. The molecule has 2 aromatic rings. The van der Waals surface area contributed by atoms with Gasteiger partial charge in [0.15, 0.2) is 0 Å². The van der Waals surface area contributed by atoms with E-state index in [1.807, 2.05) is 0 Å². The highest BCUT2D eigenvalue weighted by Gasteiger charge is 2.15. The van der Waals surface area contributed by atoms with E-state index in [0.29, 0.717) is 10.6 Å². The fourth-order valence-corrected chi connectivity index (χ4v) is 2.76. The second kappa shape index (κ2) is 5.63. The zero-order valence-electron chi connectivity index (χ0n) is 10.1. The SMILES string of the molecule is COc1ccc(S(=O)c2cccc(F)c2C#N)cc1. The first-order valence-corrected chi connectivity index (χ1v) is 6.57. The second-order valence-corrected chi connectivity index (χ2v) is 5.12. The highest BCUT2D eigenvalue weighted by Crippen LogP contribution is 2.23. The van der Waals surface area contributed by atoms with Crippen molar-refractivity contribution in [1.82, 2.24) is 0 Å². The van der Waals surface area contributed by atoms with Crippen molar-refractivity contribution in [3.63, 3.8) is 0 Å². The third-order valence-electron chi connectivity index (χ3n) is 2.56. The Bertz CT molecular complexity index is 662. The Labute approximate surface area is 112 Å². The Morgan fingerprint density at radius 2 is 1.89 bits per heavy atom. The molecule has 5 heteroatoms. The Balaban J connectivity index is 2.44. The van der Waals surface area contributed by atoms with Crippen molar-refractivity contribution < 1.29 is 13.3 Å². The summed E-state index contributed by atoms with van der Waals surface area (Å²) >= 11 is 0. The minimum Gasteiger partial charge on any atom is -0.497 e. The summed E-state index contributed by atoms with van der Waals surface area (Å²) in [5.41, 5.74) is -0.184. The van der Waals surface area contributed by atoms with Gasteiger partial charge in [0.05, 0.1) is 22.8 Å². The maximum absolute atomic E-state index is 13.5. The molecule has 0 fully saturated rings. The average Bonchev–Trinajstić information content (AvgIpc) is 2.46. The summed E-state index contributed by atoms with van der Waals surface area (Å²) in [4.78, 5) is 0.663. The van der Waals surface area contributed by atoms with E-state index in [4.69, 9.17) is 10.00 Å². The molecule has 0 aliphatic carbocycles. The van der Waals surface area contributed by atoms with Gasteiger partial charge in [-0.3, -0.25) is 0 Å². The van der Waals surface area contributed by atoms with Crippen molar-refractivity contribution in [2.24, 2.45) is 0 Å². The van der Waals surface area contributed by atoms with Gasteiger partial charge in [0.1, 0.15) is 23.2 Å². The predicted octanol–water partition coefficient (Wildman–Crippen LogP) is 2.87. The largest absolute Gasteiger partial charge is 0.497 e. The van der Waals surface area contributed by atoms with Crippen molar-refractivity contribution in [3.05, 3.63) is 53.8 Å². The molecule has 1 atom stereocenters. The number of methoxy groups -OCH3 is 1. The first-order valence-electron chi connectivity index (χ1n) is 5.42. The van der Waals surface area contributed by atoms with Crippen molar-refractivity contribution in [1.29, 1.82) is 5.26 Å². The quantitative estimate of drug-likeness (QED) is 0.865. The van der Waals surface area contributed by atoms with E-state index in [1.165, 1.54) is 25.3 Å². The van der Waals surface area contributed by atoms with Gasteiger partial charge in [-0.15, -0.1) is 0 Å². The first-order chi connectivity index (χ1) is 9.17. The van der Waals surface area contributed by atoms with Gasteiger partial charge in [-0.05, 0) is 36.4 Å². The number of benzene rings is 2. The van der Waals surface area contributed by atoms with Crippen molar-refractivity contribution in [2.75, 3.05) is 7.11 Å². The molecule has 0 spiro atoms. The minimum atomic E-state index is -1.60. The monoisotopic (exact) mass is 275 g/mol. The fourth-order valence-electron chi connectivity index (χ4n) is 1.59. The zero-order chi connectivity index (χ0) is 13.8. The molecular weight excluding hydrogens is 265 g/mol. The molecule has 0 saturated carbocycles. The van der Waals surface area contributed by atoms with E-state index in [1.54, 1.807) is 30.3 Å². The molecule has 1 unspecified atom stereocenters. The van der Waals surface area contributed by atoms with Crippen LogP contribution in [0.25, 0.3) is 0 Å². The van der Waals surface area contributed by atoms with Crippen molar-refractivity contribution in [3.8, 4) is 11.8 Å².